The summed E-state index contributed by atoms with van der Waals surface area (Å²) in [5, 5.41) is 20.3. The molecule has 2 aromatic carbocycles. The first-order valence-electron chi connectivity index (χ1n) is 17.3. The van der Waals surface area contributed by atoms with Crippen LogP contribution in [-0.4, -0.2) is 62.3 Å². The van der Waals surface area contributed by atoms with Gasteiger partial charge in [0.1, 0.15) is 29.6 Å². The van der Waals surface area contributed by atoms with E-state index < -0.39 is 99.5 Å². The van der Waals surface area contributed by atoms with Crippen LogP contribution in [0.5, 0.6) is 0 Å². The maximum absolute atomic E-state index is 15.4. The number of fused-ring (bicyclic) bond motifs is 4. The number of benzene rings is 2. The standard InChI is InChI=1S/C37H29ClF9N7O4S/c1-35(56,34(41)42)9-8-19-4-5-20(21-6-7-24(38)28-30(21)53(2)51-33(28)52-59(3,57)58)29(48-19)25(12-16-10-17(39)13-18(40)11-16)49-26(55)15-54-32-27(31(50-54)37(45,46)47)22-14-23(22)36(32,43)44/h4-7,10-11,13,22-23,25,34,56H,12,14-15H2,1-3H3,(H,49,55)(H,51,52)/t22?,23-,25+,35?/m1/s1. The van der Waals surface area contributed by atoms with Crippen LogP contribution >= 0.6 is 11.6 Å². The first-order valence-corrected chi connectivity index (χ1v) is 19.6. The molecule has 312 valence electrons. The van der Waals surface area contributed by atoms with Crippen LogP contribution in [0, 0.1) is 29.4 Å². The molecule has 1 amide bonds. The van der Waals surface area contributed by atoms with E-state index in [9.17, 15) is 49.1 Å². The van der Waals surface area contributed by atoms with Crippen molar-refractivity contribution in [2.24, 2.45) is 13.0 Å². The topological polar surface area (TPSA) is 144 Å². The number of pyridine rings is 1. The predicted molar refractivity (Wildman–Crippen MR) is 194 cm³/mol. The number of rotatable bonds is 10. The number of hydrogen-bond donors (Lipinski definition) is 3. The summed E-state index contributed by atoms with van der Waals surface area (Å²) in [5.74, 6) is -5.41. The number of aliphatic hydroxyl groups is 1. The lowest BCUT2D eigenvalue weighted by molar-refractivity contribution is -0.142. The summed E-state index contributed by atoms with van der Waals surface area (Å²) in [5.41, 5.74) is -6.34. The van der Waals surface area contributed by atoms with Crippen molar-refractivity contribution >= 4 is 44.3 Å². The molecule has 5 aromatic rings. The van der Waals surface area contributed by atoms with Crippen LogP contribution in [0.15, 0.2) is 42.5 Å². The van der Waals surface area contributed by atoms with Gasteiger partial charge in [-0.1, -0.05) is 23.6 Å². The molecular weight excluding hydrogens is 845 g/mol. The summed E-state index contributed by atoms with van der Waals surface area (Å²) < 4.78 is 157. The highest BCUT2D eigenvalue weighted by Crippen LogP contribution is 2.68. The van der Waals surface area contributed by atoms with E-state index in [1.807, 2.05) is 5.92 Å². The molecule has 0 saturated heterocycles. The molecule has 3 aromatic heterocycles. The van der Waals surface area contributed by atoms with Gasteiger partial charge in [0, 0.05) is 35.7 Å². The first-order chi connectivity index (χ1) is 27.4. The van der Waals surface area contributed by atoms with Gasteiger partial charge in [0.2, 0.25) is 15.9 Å². The fourth-order valence-electron chi connectivity index (χ4n) is 7.27. The third-order valence-electron chi connectivity index (χ3n) is 9.82. The van der Waals surface area contributed by atoms with Gasteiger partial charge in [0.25, 0.3) is 12.3 Å². The predicted octanol–water partition coefficient (Wildman–Crippen LogP) is 6.83. The number of sulfonamides is 1. The lowest BCUT2D eigenvalue weighted by atomic mass is 9.93. The average molecular weight is 874 g/mol. The normalized spacial score (nSPS) is 18.5. The minimum absolute atomic E-state index is 0.0220. The van der Waals surface area contributed by atoms with Crippen LogP contribution in [0.4, 0.5) is 45.3 Å². The van der Waals surface area contributed by atoms with Crippen molar-refractivity contribution < 1.29 is 57.8 Å². The fourth-order valence-corrected chi connectivity index (χ4v) is 8.01. The Morgan fingerprint density at radius 3 is 2.37 bits per heavy atom. The van der Waals surface area contributed by atoms with Crippen LogP contribution in [0.2, 0.25) is 5.02 Å². The number of aromatic nitrogens is 5. The minimum atomic E-state index is -5.13. The maximum atomic E-state index is 15.4. The van der Waals surface area contributed by atoms with Crippen LogP contribution in [0.3, 0.4) is 0 Å². The van der Waals surface area contributed by atoms with Crippen molar-refractivity contribution in [2.75, 3.05) is 11.0 Å². The van der Waals surface area contributed by atoms with Crippen LogP contribution < -0.4 is 10.0 Å². The number of aryl methyl sites for hydroxylation is 1. The number of halogens is 10. The Morgan fingerprint density at radius 2 is 1.75 bits per heavy atom. The molecule has 4 atom stereocenters. The highest BCUT2D eigenvalue weighted by atomic mass is 35.5. The number of amides is 1. The molecule has 0 bridgehead atoms. The van der Waals surface area contributed by atoms with Gasteiger partial charge < -0.3 is 10.4 Å². The maximum Gasteiger partial charge on any atom is 0.435 e. The molecular formula is C37H29ClF9N7O4S. The van der Waals surface area contributed by atoms with E-state index in [1.54, 1.807) is 0 Å². The zero-order valence-electron chi connectivity index (χ0n) is 30.6. The van der Waals surface area contributed by atoms with E-state index in [4.69, 9.17) is 11.6 Å². The summed E-state index contributed by atoms with van der Waals surface area (Å²) in [6.07, 6.45) is -8.32. The van der Waals surface area contributed by atoms with Gasteiger partial charge in [-0.15, -0.1) is 0 Å². The zero-order valence-corrected chi connectivity index (χ0v) is 32.1. The second-order valence-corrected chi connectivity index (χ2v) is 16.6. The van der Waals surface area contributed by atoms with E-state index >= 15 is 8.78 Å². The number of hydrogen-bond acceptors (Lipinski definition) is 7. The van der Waals surface area contributed by atoms with Gasteiger partial charge in [-0.05, 0) is 67.5 Å². The van der Waals surface area contributed by atoms with Crippen molar-refractivity contribution in [3.8, 4) is 23.0 Å². The summed E-state index contributed by atoms with van der Waals surface area (Å²) in [4.78, 5) is 18.4. The summed E-state index contributed by atoms with van der Waals surface area (Å²) >= 11 is 6.52. The molecule has 2 unspecified atom stereocenters. The molecule has 1 fully saturated rings. The Morgan fingerprint density at radius 1 is 1.08 bits per heavy atom. The summed E-state index contributed by atoms with van der Waals surface area (Å²) in [7, 11) is -2.48. The fraction of sp³-hybridized carbons (Fsp3) is 0.351. The number of anilines is 1. The SMILES string of the molecule is Cn1nc(NS(C)(=O)=O)c2c(Cl)ccc(-c3ccc(C#CC(C)(O)C(F)F)nc3[C@H](Cc3cc(F)cc(F)c3)NC(=O)Cn3nc(C(F)(F)F)c4c3C(F)(F)[C@@H]3CC43)c21. The van der Waals surface area contributed by atoms with Crippen molar-refractivity contribution in [1.82, 2.24) is 29.9 Å². The molecule has 1 saturated carbocycles. The highest BCUT2D eigenvalue weighted by molar-refractivity contribution is 7.92. The highest BCUT2D eigenvalue weighted by Gasteiger charge is 2.68. The van der Waals surface area contributed by atoms with Gasteiger partial charge in [0.15, 0.2) is 17.1 Å². The van der Waals surface area contributed by atoms with Crippen LogP contribution in [0.25, 0.3) is 22.0 Å². The van der Waals surface area contributed by atoms with Gasteiger partial charge in [-0.25, -0.2) is 31.0 Å². The largest absolute Gasteiger partial charge is 0.435 e. The number of nitrogens with one attached hydrogen (secondary N) is 2. The quantitative estimate of drug-likeness (QED) is 0.103. The van der Waals surface area contributed by atoms with Crippen LogP contribution in [-0.2, 0) is 46.9 Å². The summed E-state index contributed by atoms with van der Waals surface area (Å²) in [6.45, 7) is -0.444. The van der Waals surface area contributed by atoms with E-state index in [0.717, 1.165) is 25.3 Å². The average Bonchev–Trinajstić information content (AvgIpc) is 3.65. The second kappa shape index (κ2) is 14.4. The zero-order chi connectivity index (χ0) is 43.1. The number of carbonyl (C=O) groups excluding carboxylic acids is 1. The van der Waals surface area contributed by atoms with Gasteiger partial charge in [-0.2, -0.15) is 32.1 Å². The lowest BCUT2D eigenvalue weighted by Gasteiger charge is -2.23. The van der Waals surface area contributed by atoms with E-state index in [-0.39, 0.29) is 60.9 Å². The minimum Gasteiger partial charge on any atom is -0.372 e. The molecule has 0 radical (unpaired) electrons. The van der Waals surface area contributed by atoms with E-state index in [0.29, 0.717) is 6.07 Å². The Hall–Kier alpha value is -5.33. The number of nitrogens with zero attached hydrogens (tertiary/aromatic N) is 5. The Kier molecular flexibility index (Phi) is 10.2. The molecule has 3 heterocycles. The van der Waals surface area contributed by atoms with Crippen molar-refractivity contribution in [2.45, 2.75) is 62.4 Å². The second-order valence-electron chi connectivity index (χ2n) is 14.4. The third-order valence-corrected chi connectivity index (χ3v) is 10.7. The molecule has 11 nitrogen and oxygen atoms in total. The van der Waals surface area contributed by atoms with Crippen molar-refractivity contribution in [3.05, 3.63) is 93.0 Å². The van der Waals surface area contributed by atoms with Crippen LogP contribution in [0.1, 0.15) is 59.2 Å². The van der Waals surface area contributed by atoms with Gasteiger partial charge >= 0.3 is 6.18 Å². The molecule has 0 spiro atoms. The molecule has 22 heteroatoms. The molecule has 2 aliphatic carbocycles. The van der Waals surface area contributed by atoms with E-state index in [1.165, 1.54) is 36.0 Å². The Bertz CT molecular complexity index is 2700. The molecule has 7 rings (SSSR count). The molecule has 2 aliphatic rings. The monoisotopic (exact) mass is 873 g/mol. The van der Waals surface area contributed by atoms with Gasteiger partial charge in [0.05, 0.1) is 33.9 Å². The Labute approximate surface area is 333 Å². The molecule has 3 N–H and O–H groups in total. The lowest BCUT2D eigenvalue weighted by Crippen LogP contribution is -2.35. The smallest absolute Gasteiger partial charge is 0.372 e. The summed E-state index contributed by atoms with van der Waals surface area (Å²) in [6, 6.07) is 6.20. The third kappa shape index (κ3) is 8.04. The van der Waals surface area contributed by atoms with Crippen molar-refractivity contribution in [3.63, 3.8) is 0 Å². The first kappa shape index (κ1) is 41.8. The molecule has 59 heavy (non-hydrogen) atoms. The van der Waals surface area contributed by atoms with Gasteiger partial charge in [-0.3, -0.25) is 18.9 Å². The number of carbonyl (C=O) groups is 1. The molecule has 0 aliphatic heterocycles. The Balaban J connectivity index is 1.40. The van der Waals surface area contributed by atoms with E-state index in [2.05, 4.69) is 31.1 Å². The number of alkyl halides is 7. The van der Waals surface area contributed by atoms with Crippen molar-refractivity contribution in [1.29, 1.82) is 0 Å².